The molecule has 2 nitrogen and oxygen atoms in total. The summed E-state index contributed by atoms with van der Waals surface area (Å²) >= 11 is 5.13. The molecule has 2 aromatic heterocycles. The van der Waals surface area contributed by atoms with Gasteiger partial charge in [-0.2, -0.15) is 0 Å². The van der Waals surface area contributed by atoms with Gasteiger partial charge in [0.05, 0.1) is 15.3 Å². The Morgan fingerprint density at radius 3 is 2.83 bits per heavy atom. The van der Waals surface area contributed by atoms with E-state index in [0.717, 1.165) is 25.1 Å². The highest BCUT2D eigenvalue weighted by molar-refractivity contribution is 9.11. The molecule has 0 aliphatic heterocycles. The van der Waals surface area contributed by atoms with Gasteiger partial charge in [-0.3, -0.25) is 4.98 Å². The Morgan fingerprint density at radius 1 is 1.17 bits per heavy atom. The Balaban J connectivity index is 2.03. The van der Waals surface area contributed by atoms with Crippen molar-refractivity contribution in [3.63, 3.8) is 0 Å². The van der Waals surface area contributed by atoms with E-state index in [1.807, 2.05) is 12.1 Å². The minimum absolute atomic E-state index is 0.0901. The molecule has 1 aromatic carbocycles. The van der Waals surface area contributed by atoms with Gasteiger partial charge < -0.3 is 5.73 Å². The number of fused-ring (bicyclic) bond motifs is 1. The van der Waals surface area contributed by atoms with Gasteiger partial charge in [0.25, 0.3) is 0 Å². The lowest BCUT2D eigenvalue weighted by Gasteiger charge is -2.10. The van der Waals surface area contributed by atoms with Gasteiger partial charge in [-0.05, 0) is 45.8 Å². The molecule has 0 fully saturated rings. The molecule has 0 saturated heterocycles. The predicted molar refractivity (Wildman–Crippen MR) is 79.8 cm³/mol. The number of hydrogen-bond donors (Lipinski definition) is 1. The van der Waals surface area contributed by atoms with Gasteiger partial charge >= 0.3 is 0 Å². The SMILES string of the molecule is NC(c1ccc2cccnc2c1)c1ccc(Br)s1. The highest BCUT2D eigenvalue weighted by Gasteiger charge is 2.11. The Kier molecular flexibility index (Phi) is 3.16. The molecule has 18 heavy (non-hydrogen) atoms. The molecule has 0 amide bonds. The summed E-state index contributed by atoms with van der Waals surface area (Å²) in [5, 5.41) is 1.14. The zero-order chi connectivity index (χ0) is 12.5. The van der Waals surface area contributed by atoms with E-state index in [1.165, 1.54) is 0 Å². The zero-order valence-electron chi connectivity index (χ0n) is 9.51. The molecule has 0 saturated carbocycles. The van der Waals surface area contributed by atoms with E-state index in [0.29, 0.717) is 0 Å². The first-order valence-electron chi connectivity index (χ1n) is 5.59. The molecule has 3 aromatic rings. The first-order chi connectivity index (χ1) is 8.74. The molecule has 0 aliphatic carbocycles. The predicted octanol–water partition coefficient (Wildman–Crippen LogP) is 4.11. The molecule has 1 atom stereocenters. The molecule has 1 unspecified atom stereocenters. The number of thiophene rings is 1. The minimum Gasteiger partial charge on any atom is -0.320 e. The van der Waals surface area contributed by atoms with E-state index in [2.05, 4.69) is 51.2 Å². The highest BCUT2D eigenvalue weighted by atomic mass is 79.9. The molecule has 90 valence electrons. The number of nitrogens with zero attached hydrogens (tertiary/aromatic N) is 1. The molecule has 0 radical (unpaired) electrons. The van der Waals surface area contributed by atoms with Gasteiger partial charge in [0.15, 0.2) is 0 Å². The average molecular weight is 319 g/mol. The number of nitrogens with two attached hydrogens (primary N) is 1. The van der Waals surface area contributed by atoms with E-state index in [-0.39, 0.29) is 6.04 Å². The maximum Gasteiger partial charge on any atom is 0.0705 e. The molecule has 0 bridgehead atoms. The molecule has 4 heteroatoms. The lowest BCUT2D eigenvalue weighted by molar-refractivity contribution is 0.895. The number of benzene rings is 1. The average Bonchev–Trinajstić information content (AvgIpc) is 2.84. The molecular weight excluding hydrogens is 308 g/mol. The molecule has 0 aliphatic rings. The first-order valence-corrected chi connectivity index (χ1v) is 7.20. The fraction of sp³-hybridized carbons (Fsp3) is 0.0714. The Hall–Kier alpha value is -1.23. The van der Waals surface area contributed by atoms with Crippen LogP contribution in [0, 0.1) is 0 Å². The first kappa shape index (κ1) is 11.8. The van der Waals surface area contributed by atoms with E-state index < -0.39 is 0 Å². The largest absolute Gasteiger partial charge is 0.320 e. The van der Waals surface area contributed by atoms with Crippen molar-refractivity contribution < 1.29 is 0 Å². The van der Waals surface area contributed by atoms with Crippen LogP contribution in [-0.2, 0) is 0 Å². The number of rotatable bonds is 2. The van der Waals surface area contributed by atoms with Gasteiger partial charge in [0, 0.05) is 16.5 Å². The van der Waals surface area contributed by atoms with Crippen LogP contribution < -0.4 is 5.73 Å². The summed E-state index contributed by atoms with van der Waals surface area (Å²) in [4.78, 5) is 5.51. The Labute approximate surface area is 118 Å². The van der Waals surface area contributed by atoms with Crippen LogP contribution in [0.4, 0.5) is 0 Å². The van der Waals surface area contributed by atoms with E-state index in [4.69, 9.17) is 5.73 Å². The maximum absolute atomic E-state index is 6.28. The van der Waals surface area contributed by atoms with Crippen molar-refractivity contribution in [2.24, 2.45) is 5.73 Å². The lowest BCUT2D eigenvalue weighted by atomic mass is 10.0. The van der Waals surface area contributed by atoms with E-state index >= 15 is 0 Å². The van der Waals surface area contributed by atoms with Crippen LogP contribution in [0.5, 0.6) is 0 Å². The third-order valence-electron chi connectivity index (χ3n) is 2.89. The molecule has 0 spiro atoms. The summed E-state index contributed by atoms with van der Waals surface area (Å²) < 4.78 is 1.10. The molecule has 2 heterocycles. The van der Waals surface area contributed by atoms with Gasteiger partial charge in [0.2, 0.25) is 0 Å². The van der Waals surface area contributed by atoms with Crippen LogP contribution >= 0.6 is 27.3 Å². The number of halogens is 1. The second-order valence-corrected chi connectivity index (χ2v) is 6.57. The molecule has 3 rings (SSSR count). The zero-order valence-corrected chi connectivity index (χ0v) is 11.9. The number of aromatic nitrogens is 1. The molecule has 2 N–H and O–H groups in total. The van der Waals surface area contributed by atoms with Crippen LogP contribution in [0.2, 0.25) is 0 Å². The van der Waals surface area contributed by atoms with E-state index in [1.54, 1.807) is 17.5 Å². The highest BCUT2D eigenvalue weighted by Crippen LogP contribution is 2.30. The van der Waals surface area contributed by atoms with Crippen molar-refractivity contribution in [1.82, 2.24) is 4.98 Å². The quantitative estimate of drug-likeness (QED) is 0.772. The summed E-state index contributed by atoms with van der Waals surface area (Å²) in [7, 11) is 0. The second-order valence-electron chi connectivity index (χ2n) is 4.08. The molecular formula is C14H11BrN2S. The van der Waals surface area contributed by atoms with Crippen molar-refractivity contribution in [2.75, 3.05) is 0 Å². The maximum atomic E-state index is 6.28. The van der Waals surface area contributed by atoms with Gasteiger partial charge in [0.1, 0.15) is 0 Å². The summed E-state index contributed by atoms with van der Waals surface area (Å²) in [5.74, 6) is 0. The Morgan fingerprint density at radius 2 is 2.06 bits per heavy atom. The van der Waals surface area contributed by atoms with Crippen molar-refractivity contribution in [3.8, 4) is 0 Å². The minimum atomic E-state index is -0.0901. The lowest BCUT2D eigenvalue weighted by Crippen LogP contribution is -2.09. The summed E-state index contributed by atoms with van der Waals surface area (Å²) in [6.07, 6.45) is 1.80. The van der Waals surface area contributed by atoms with E-state index in [9.17, 15) is 0 Å². The van der Waals surface area contributed by atoms with Crippen LogP contribution in [0.15, 0.2) is 52.4 Å². The smallest absolute Gasteiger partial charge is 0.0705 e. The standard InChI is InChI=1S/C14H11BrN2S/c15-13-6-5-12(18-13)14(16)10-4-3-9-2-1-7-17-11(9)8-10/h1-8,14H,16H2. The summed E-state index contributed by atoms with van der Waals surface area (Å²) in [6, 6.07) is 14.2. The van der Waals surface area contributed by atoms with Crippen molar-refractivity contribution in [2.45, 2.75) is 6.04 Å². The normalized spacial score (nSPS) is 12.8. The van der Waals surface area contributed by atoms with Crippen molar-refractivity contribution >= 4 is 38.2 Å². The van der Waals surface area contributed by atoms with Gasteiger partial charge in [-0.1, -0.05) is 18.2 Å². The van der Waals surface area contributed by atoms with Crippen molar-refractivity contribution in [3.05, 3.63) is 62.9 Å². The topological polar surface area (TPSA) is 38.9 Å². The third kappa shape index (κ3) is 2.19. The van der Waals surface area contributed by atoms with Crippen LogP contribution in [0.25, 0.3) is 10.9 Å². The summed E-state index contributed by atoms with van der Waals surface area (Å²) in [5.41, 5.74) is 8.36. The summed E-state index contributed by atoms with van der Waals surface area (Å²) in [6.45, 7) is 0. The third-order valence-corrected chi connectivity index (χ3v) is 4.60. The van der Waals surface area contributed by atoms with Crippen molar-refractivity contribution in [1.29, 1.82) is 0 Å². The number of pyridine rings is 1. The number of hydrogen-bond acceptors (Lipinski definition) is 3. The fourth-order valence-electron chi connectivity index (χ4n) is 1.94. The van der Waals surface area contributed by atoms with Gasteiger partial charge in [-0.15, -0.1) is 11.3 Å². The second kappa shape index (κ2) is 4.80. The Bertz CT molecular complexity index is 693. The van der Waals surface area contributed by atoms with Crippen LogP contribution in [0.1, 0.15) is 16.5 Å². The van der Waals surface area contributed by atoms with Gasteiger partial charge in [-0.25, -0.2) is 0 Å². The fourth-order valence-corrected chi connectivity index (χ4v) is 3.39. The van der Waals surface area contributed by atoms with Crippen LogP contribution in [0.3, 0.4) is 0 Å². The van der Waals surface area contributed by atoms with Crippen LogP contribution in [-0.4, -0.2) is 4.98 Å². The monoisotopic (exact) mass is 318 g/mol.